The molecule has 1 aromatic heterocycles. The molecule has 0 aliphatic carbocycles. The van der Waals surface area contributed by atoms with E-state index in [0.29, 0.717) is 17.0 Å². The molecule has 164 valence electrons. The predicted octanol–water partition coefficient (Wildman–Crippen LogP) is 4.33. The van der Waals surface area contributed by atoms with Crippen LogP contribution in [-0.2, 0) is 21.1 Å². The fourth-order valence-electron chi connectivity index (χ4n) is 3.25. The summed E-state index contributed by atoms with van der Waals surface area (Å²) in [5.74, 6) is 0.0163. The molecule has 0 aliphatic rings. The molecule has 1 N–H and O–H groups in total. The molecule has 0 atom stereocenters. The molecule has 0 radical (unpaired) electrons. The molecule has 31 heavy (non-hydrogen) atoms. The van der Waals surface area contributed by atoms with Crippen molar-refractivity contribution in [2.75, 3.05) is 18.2 Å². The summed E-state index contributed by atoms with van der Waals surface area (Å²) in [7, 11) is -2.38. The number of aryl methyl sites for hydroxylation is 2. The van der Waals surface area contributed by atoms with Gasteiger partial charge in [0.2, 0.25) is 5.91 Å². The second kappa shape index (κ2) is 9.34. The Bertz CT molecular complexity index is 1200. The van der Waals surface area contributed by atoms with E-state index in [9.17, 15) is 13.2 Å². The van der Waals surface area contributed by atoms with Crippen molar-refractivity contribution >= 4 is 21.4 Å². The highest BCUT2D eigenvalue weighted by molar-refractivity contribution is 7.91. The number of anilines is 1. The Kier molecular flexibility index (Phi) is 6.80. The Balaban J connectivity index is 1.81. The van der Waals surface area contributed by atoms with Crippen molar-refractivity contribution in [1.29, 1.82) is 0 Å². The van der Waals surface area contributed by atoms with Gasteiger partial charge in [-0.2, -0.15) is 0 Å². The minimum atomic E-state index is -3.79. The third kappa shape index (κ3) is 4.96. The van der Waals surface area contributed by atoms with E-state index in [2.05, 4.69) is 10.5 Å². The zero-order chi connectivity index (χ0) is 22.6. The number of rotatable bonds is 8. The molecule has 0 unspecified atom stereocenters. The van der Waals surface area contributed by atoms with Gasteiger partial charge >= 0.3 is 0 Å². The van der Waals surface area contributed by atoms with Crippen LogP contribution in [0.2, 0.25) is 0 Å². The molecule has 0 saturated carbocycles. The van der Waals surface area contributed by atoms with Crippen LogP contribution in [0.3, 0.4) is 0 Å². The third-order valence-electron chi connectivity index (χ3n) is 5.19. The molecule has 3 aromatic rings. The Hall–Kier alpha value is -3.13. The molecule has 2 aromatic carbocycles. The summed E-state index contributed by atoms with van der Waals surface area (Å²) in [6.07, 6.45) is 0.591. The number of hydrogen-bond donors (Lipinski definition) is 1. The van der Waals surface area contributed by atoms with Gasteiger partial charge in [-0.1, -0.05) is 30.3 Å². The van der Waals surface area contributed by atoms with Gasteiger partial charge < -0.3 is 14.6 Å². The third-order valence-corrected chi connectivity index (χ3v) is 6.92. The lowest BCUT2D eigenvalue weighted by molar-refractivity contribution is -0.115. The van der Waals surface area contributed by atoms with Gasteiger partial charge in [-0.3, -0.25) is 4.79 Å². The average molecular weight is 443 g/mol. The lowest BCUT2D eigenvalue weighted by atomic mass is 10.1. The number of carbonyl (C=O) groups is 1. The Morgan fingerprint density at radius 2 is 1.90 bits per heavy atom. The number of methoxy groups -OCH3 is 1. The van der Waals surface area contributed by atoms with Crippen LogP contribution < -0.4 is 10.1 Å². The summed E-state index contributed by atoms with van der Waals surface area (Å²) >= 11 is 0. The number of hydrogen-bond acceptors (Lipinski definition) is 6. The van der Waals surface area contributed by atoms with Gasteiger partial charge in [-0.25, -0.2) is 8.42 Å². The van der Waals surface area contributed by atoms with Crippen molar-refractivity contribution in [3.63, 3.8) is 0 Å². The predicted molar refractivity (Wildman–Crippen MR) is 119 cm³/mol. The summed E-state index contributed by atoms with van der Waals surface area (Å²) in [6, 6.07) is 12.3. The Morgan fingerprint density at radius 1 is 1.16 bits per heavy atom. The van der Waals surface area contributed by atoms with E-state index < -0.39 is 9.84 Å². The maximum atomic E-state index is 13.1. The minimum absolute atomic E-state index is 0.0164. The average Bonchev–Trinajstić information content (AvgIpc) is 3.10. The van der Waals surface area contributed by atoms with Crippen molar-refractivity contribution in [3.8, 4) is 17.1 Å². The fourth-order valence-corrected chi connectivity index (χ4v) is 4.68. The van der Waals surface area contributed by atoms with E-state index in [0.717, 1.165) is 23.2 Å². The van der Waals surface area contributed by atoms with Crippen LogP contribution in [0, 0.1) is 13.8 Å². The van der Waals surface area contributed by atoms with Crippen molar-refractivity contribution in [1.82, 2.24) is 5.16 Å². The normalized spacial score (nSPS) is 11.4. The van der Waals surface area contributed by atoms with Gasteiger partial charge in [0, 0.05) is 23.2 Å². The zero-order valence-corrected chi connectivity index (χ0v) is 18.9. The van der Waals surface area contributed by atoms with Gasteiger partial charge in [0.25, 0.3) is 0 Å². The fraction of sp³-hybridized carbons (Fsp3) is 0.304. The number of aromatic nitrogens is 1. The van der Waals surface area contributed by atoms with E-state index >= 15 is 0 Å². The number of benzene rings is 2. The topological polar surface area (TPSA) is 98.5 Å². The van der Waals surface area contributed by atoms with Gasteiger partial charge in [0.05, 0.1) is 18.6 Å². The van der Waals surface area contributed by atoms with E-state index in [4.69, 9.17) is 9.26 Å². The smallest absolute Gasteiger partial charge is 0.225 e. The van der Waals surface area contributed by atoms with Gasteiger partial charge in [0.1, 0.15) is 10.6 Å². The van der Waals surface area contributed by atoms with Gasteiger partial charge in [0.15, 0.2) is 15.6 Å². The van der Waals surface area contributed by atoms with Crippen molar-refractivity contribution < 1.29 is 22.5 Å². The van der Waals surface area contributed by atoms with Gasteiger partial charge in [-0.05, 0) is 50.1 Å². The number of carbonyl (C=O) groups excluding carboxylic acids is 1. The van der Waals surface area contributed by atoms with E-state index in [1.165, 1.54) is 13.2 Å². The number of para-hydroxylation sites is 1. The quantitative estimate of drug-likeness (QED) is 0.557. The van der Waals surface area contributed by atoms with Crippen LogP contribution in [0.15, 0.2) is 51.9 Å². The van der Waals surface area contributed by atoms with Crippen LogP contribution >= 0.6 is 0 Å². The molecule has 1 amide bonds. The SMILES string of the molecule is CCc1ccccc1NC(=O)CCS(=O)(=O)c1cc(-c2onc(C)c2C)ccc1OC. The van der Waals surface area contributed by atoms with Crippen LogP contribution in [0.5, 0.6) is 5.75 Å². The first-order valence-electron chi connectivity index (χ1n) is 9.98. The number of sulfone groups is 1. The van der Waals surface area contributed by atoms with E-state index in [1.807, 2.05) is 39.0 Å². The van der Waals surface area contributed by atoms with Crippen LogP contribution in [-0.4, -0.2) is 32.3 Å². The van der Waals surface area contributed by atoms with E-state index in [1.54, 1.807) is 18.2 Å². The summed E-state index contributed by atoms with van der Waals surface area (Å²) in [5.41, 5.74) is 3.84. The van der Waals surface area contributed by atoms with Crippen LogP contribution in [0.4, 0.5) is 5.69 Å². The van der Waals surface area contributed by atoms with Crippen LogP contribution in [0.25, 0.3) is 11.3 Å². The summed E-state index contributed by atoms with van der Waals surface area (Å²) in [4.78, 5) is 12.4. The number of nitrogens with zero attached hydrogens (tertiary/aromatic N) is 1. The first-order valence-corrected chi connectivity index (χ1v) is 11.6. The Morgan fingerprint density at radius 3 is 2.55 bits per heavy atom. The second-order valence-electron chi connectivity index (χ2n) is 7.22. The van der Waals surface area contributed by atoms with Crippen molar-refractivity contribution in [3.05, 3.63) is 59.3 Å². The second-order valence-corrected chi connectivity index (χ2v) is 9.29. The lowest BCUT2D eigenvalue weighted by Gasteiger charge is -2.12. The molecular formula is C23H26N2O5S. The molecular weight excluding hydrogens is 416 g/mol. The van der Waals surface area contributed by atoms with Crippen molar-refractivity contribution in [2.45, 2.75) is 38.5 Å². The molecule has 1 heterocycles. The molecule has 0 bridgehead atoms. The first-order chi connectivity index (χ1) is 14.8. The van der Waals surface area contributed by atoms with Crippen molar-refractivity contribution in [2.24, 2.45) is 0 Å². The summed E-state index contributed by atoms with van der Waals surface area (Å²) in [6.45, 7) is 5.67. The monoisotopic (exact) mass is 442 g/mol. The first kappa shape index (κ1) is 22.6. The standard InChI is InChI=1S/C23H26N2O5S/c1-5-17-8-6-7-9-19(17)24-22(26)12-13-31(27,28)21-14-18(10-11-20(21)29-4)23-15(2)16(3)25-30-23/h6-11,14H,5,12-13H2,1-4H3,(H,24,26). The van der Waals surface area contributed by atoms with Crippen LogP contribution in [0.1, 0.15) is 30.2 Å². The highest BCUT2D eigenvalue weighted by atomic mass is 32.2. The molecule has 8 heteroatoms. The molecule has 3 rings (SSSR count). The number of ether oxygens (including phenoxy) is 1. The largest absolute Gasteiger partial charge is 0.495 e. The maximum Gasteiger partial charge on any atom is 0.225 e. The lowest BCUT2D eigenvalue weighted by Crippen LogP contribution is -2.18. The molecule has 7 nitrogen and oxygen atoms in total. The van der Waals surface area contributed by atoms with Gasteiger partial charge in [-0.15, -0.1) is 0 Å². The summed E-state index contributed by atoms with van der Waals surface area (Å²) < 4.78 is 36.7. The maximum absolute atomic E-state index is 13.1. The number of amides is 1. The minimum Gasteiger partial charge on any atom is -0.495 e. The summed E-state index contributed by atoms with van der Waals surface area (Å²) in [5, 5.41) is 6.74. The molecule has 0 saturated heterocycles. The molecule has 0 spiro atoms. The molecule has 0 aliphatic heterocycles. The number of nitrogens with one attached hydrogen (secondary N) is 1. The highest BCUT2D eigenvalue weighted by Gasteiger charge is 2.23. The zero-order valence-electron chi connectivity index (χ0n) is 18.1. The Labute approximate surface area is 182 Å². The molecule has 0 fully saturated rings. The highest BCUT2D eigenvalue weighted by Crippen LogP contribution is 2.33. The van der Waals surface area contributed by atoms with E-state index in [-0.39, 0.29) is 28.7 Å².